The third kappa shape index (κ3) is 4.53. The molecule has 5 heteroatoms. The lowest BCUT2D eigenvalue weighted by Crippen LogP contribution is -2.30. The van der Waals surface area contributed by atoms with E-state index < -0.39 is 12.7 Å². The summed E-state index contributed by atoms with van der Waals surface area (Å²) >= 11 is 3.35. The molecule has 0 aliphatic rings. The molecule has 0 aliphatic heterocycles. The van der Waals surface area contributed by atoms with Crippen molar-refractivity contribution < 1.29 is 13.2 Å². The highest BCUT2D eigenvalue weighted by molar-refractivity contribution is 9.10. The Morgan fingerprint density at radius 2 is 1.94 bits per heavy atom. The van der Waals surface area contributed by atoms with Gasteiger partial charge in [0.15, 0.2) is 0 Å². The summed E-state index contributed by atoms with van der Waals surface area (Å²) in [6, 6.07) is 5.56. The maximum absolute atomic E-state index is 12.1. The van der Waals surface area contributed by atoms with Crippen molar-refractivity contribution in [2.45, 2.75) is 19.6 Å². The number of aryl methyl sites for hydroxylation is 1. The molecule has 0 heterocycles. The van der Waals surface area contributed by atoms with Gasteiger partial charge in [0.1, 0.15) is 0 Å². The zero-order chi connectivity index (χ0) is 12.3. The lowest BCUT2D eigenvalue weighted by atomic mass is 10.1. The fourth-order valence-corrected chi connectivity index (χ4v) is 1.73. The van der Waals surface area contributed by atoms with Gasteiger partial charge in [0.2, 0.25) is 0 Å². The number of benzene rings is 1. The van der Waals surface area contributed by atoms with Crippen LogP contribution in [0, 0.1) is 6.92 Å². The molecule has 16 heavy (non-hydrogen) atoms. The second-order valence-corrected chi connectivity index (χ2v) is 4.73. The summed E-state index contributed by atoms with van der Waals surface area (Å²) in [7, 11) is 1.46. The van der Waals surface area contributed by atoms with E-state index in [1.807, 2.05) is 25.1 Å². The number of alkyl halides is 3. The standard InChI is InChI=1S/C11H13BrF3N/c1-8-5-9(3-4-10(8)12)6-16(2)7-11(13,14)15/h3-5H,6-7H2,1-2H3. The summed E-state index contributed by atoms with van der Waals surface area (Å²) in [6.07, 6.45) is -4.14. The Kier molecular flexibility index (Phi) is 4.38. The molecule has 0 unspecified atom stereocenters. The molecule has 0 N–H and O–H groups in total. The quantitative estimate of drug-likeness (QED) is 0.821. The monoisotopic (exact) mass is 295 g/mol. The molecule has 0 fully saturated rings. The van der Waals surface area contributed by atoms with E-state index in [1.165, 1.54) is 11.9 Å². The van der Waals surface area contributed by atoms with Gasteiger partial charge in [0.25, 0.3) is 0 Å². The Morgan fingerprint density at radius 1 is 1.31 bits per heavy atom. The molecule has 0 aliphatic carbocycles. The molecule has 0 saturated carbocycles. The van der Waals surface area contributed by atoms with Crippen LogP contribution in [-0.4, -0.2) is 24.7 Å². The van der Waals surface area contributed by atoms with Crippen molar-refractivity contribution in [1.82, 2.24) is 4.90 Å². The maximum Gasteiger partial charge on any atom is 0.401 e. The van der Waals surface area contributed by atoms with E-state index in [0.717, 1.165) is 15.6 Å². The van der Waals surface area contributed by atoms with Gasteiger partial charge >= 0.3 is 6.18 Å². The van der Waals surface area contributed by atoms with Crippen molar-refractivity contribution >= 4 is 15.9 Å². The van der Waals surface area contributed by atoms with E-state index in [1.54, 1.807) is 0 Å². The number of hydrogen-bond acceptors (Lipinski definition) is 1. The largest absolute Gasteiger partial charge is 0.401 e. The highest BCUT2D eigenvalue weighted by atomic mass is 79.9. The molecule has 90 valence electrons. The van der Waals surface area contributed by atoms with E-state index in [0.29, 0.717) is 6.54 Å². The average molecular weight is 296 g/mol. The van der Waals surface area contributed by atoms with Gasteiger partial charge in [-0.2, -0.15) is 13.2 Å². The first-order valence-corrected chi connectivity index (χ1v) is 5.57. The highest BCUT2D eigenvalue weighted by Gasteiger charge is 2.28. The first-order chi connectivity index (χ1) is 7.28. The van der Waals surface area contributed by atoms with E-state index in [2.05, 4.69) is 15.9 Å². The van der Waals surface area contributed by atoms with Crippen molar-refractivity contribution in [2.24, 2.45) is 0 Å². The molecule has 1 aromatic carbocycles. The summed E-state index contributed by atoms with van der Waals surface area (Å²) in [5, 5.41) is 0. The molecule has 0 atom stereocenters. The average Bonchev–Trinajstić information content (AvgIpc) is 2.08. The van der Waals surface area contributed by atoms with Crippen LogP contribution in [-0.2, 0) is 6.54 Å². The maximum atomic E-state index is 12.1. The van der Waals surface area contributed by atoms with E-state index in [-0.39, 0.29) is 0 Å². The smallest absolute Gasteiger partial charge is 0.294 e. The predicted octanol–water partition coefficient (Wildman–Crippen LogP) is 3.75. The SMILES string of the molecule is Cc1cc(CN(C)CC(F)(F)F)ccc1Br. The normalized spacial score (nSPS) is 12.2. The Morgan fingerprint density at radius 3 is 2.44 bits per heavy atom. The van der Waals surface area contributed by atoms with Gasteiger partial charge in [-0.15, -0.1) is 0 Å². The Hall–Kier alpha value is -0.550. The van der Waals surface area contributed by atoms with Gasteiger partial charge in [0.05, 0.1) is 6.54 Å². The van der Waals surface area contributed by atoms with E-state index in [4.69, 9.17) is 0 Å². The lowest BCUT2D eigenvalue weighted by molar-refractivity contribution is -0.144. The van der Waals surface area contributed by atoms with Crippen LogP contribution < -0.4 is 0 Å². The van der Waals surface area contributed by atoms with Crippen LogP contribution in [0.4, 0.5) is 13.2 Å². The zero-order valence-corrected chi connectivity index (χ0v) is 10.7. The van der Waals surface area contributed by atoms with Crippen LogP contribution in [0.1, 0.15) is 11.1 Å². The minimum absolute atomic E-state index is 0.299. The minimum atomic E-state index is -4.14. The van der Waals surface area contributed by atoms with E-state index >= 15 is 0 Å². The topological polar surface area (TPSA) is 3.24 Å². The lowest BCUT2D eigenvalue weighted by Gasteiger charge is -2.18. The second-order valence-electron chi connectivity index (χ2n) is 3.87. The predicted molar refractivity (Wildman–Crippen MR) is 61.3 cm³/mol. The van der Waals surface area contributed by atoms with Crippen molar-refractivity contribution in [1.29, 1.82) is 0 Å². The van der Waals surface area contributed by atoms with Gasteiger partial charge < -0.3 is 0 Å². The minimum Gasteiger partial charge on any atom is -0.294 e. The van der Waals surface area contributed by atoms with Crippen LogP contribution in [0.5, 0.6) is 0 Å². The van der Waals surface area contributed by atoms with Crippen LogP contribution in [0.25, 0.3) is 0 Å². The summed E-state index contributed by atoms with van der Waals surface area (Å²) < 4.78 is 37.3. The van der Waals surface area contributed by atoms with Gasteiger partial charge in [0, 0.05) is 11.0 Å². The van der Waals surface area contributed by atoms with Crippen LogP contribution in [0.3, 0.4) is 0 Å². The van der Waals surface area contributed by atoms with Crippen molar-refractivity contribution in [3.05, 3.63) is 33.8 Å². The Labute approximate surface area is 101 Å². The van der Waals surface area contributed by atoms with E-state index in [9.17, 15) is 13.2 Å². The molecule has 0 radical (unpaired) electrons. The van der Waals surface area contributed by atoms with Gasteiger partial charge in [-0.1, -0.05) is 28.1 Å². The Bertz CT molecular complexity index is 363. The fourth-order valence-electron chi connectivity index (χ4n) is 1.48. The third-order valence-corrected chi connectivity index (χ3v) is 3.01. The number of nitrogens with zero attached hydrogens (tertiary/aromatic N) is 1. The number of hydrogen-bond donors (Lipinski definition) is 0. The summed E-state index contributed by atoms with van der Waals surface area (Å²) in [4.78, 5) is 1.25. The summed E-state index contributed by atoms with van der Waals surface area (Å²) in [6.45, 7) is 1.33. The van der Waals surface area contributed by atoms with Crippen LogP contribution >= 0.6 is 15.9 Å². The molecule has 1 rings (SSSR count). The van der Waals surface area contributed by atoms with Crippen molar-refractivity contribution in [3.63, 3.8) is 0 Å². The summed E-state index contributed by atoms with van der Waals surface area (Å²) in [5.41, 5.74) is 1.91. The number of rotatable bonds is 3. The van der Waals surface area contributed by atoms with Crippen LogP contribution in [0.15, 0.2) is 22.7 Å². The summed E-state index contributed by atoms with van der Waals surface area (Å²) in [5.74, 6) is 0. The highest BCUT2D eigenvalue weighted by Crippen LogP contribution is 2.20. The molecule has 1 aromatic rings. The molecule has 1 nitrogen and oxygen atoms in total. The van der Waals surface area contributed by atoms with Gasteiger partial charge in [-0.05, 0) is 31.2 Å². The molecule has 0 spiro atoms. The van der Waals surface area contributed by atoms with Gasteiger partial charge in [-0.3, -0.25) is 4.90 Å². The first kappa shape index (κ1) is 13.5. The Balaban J connectivity index is 2.63. The molecule has 0 aromatic heterocycles. The van der Waals surface area contributed by atoms with Crippen molar-refractivity contribution in [2.75, 3.05) is 13.6 Å². The molecular weight excluding hydrogens is 283 g/mol. The number of halogens is 4. The van der Waals surface area contributed by atoms with Crippen LogP contribution in [0.2, 0.25) is 0 Å². The zero-order valence-electron chi connectivity index (χ0n) is 9.11. The van der Waals surface area contributed by atoms with Gasteiger partial charge in [-0.25, -0.2) is 0 Å². The van der Waals surface area contributed by atoms with Crippen molar-refractivity contribution in [3.8, 4) is 0 Å². The third-order valence-electron chi connectivity index (χ3n) is 2.12. The molecule has 0 saturated heterocycles. The molecule has 0 bridgehead atoms. The first-order valence-electron chi connectivity index (χ1n) is 4.78. The second kappa shape index (κ2) is 5.19. The molecular formula is C11H13BrF3N. The molecule has 0 amide bonds. The fraction of sp³-hybridized carbons (Fsp3) is 0.455.